The molecule has 0 aliphatic carbocycles. The third-order valence-corrected chi connectivity index (χ3v) is 5.18. The van der Waals surface area contributed by atoms with E-state index in [2.05, 4.69) is 17.4 Å². The van der Waals surface area contributed by atoms with Gasteiger partial charge in [0.1, 0.15) is 5.75 Å². The van der Waals surface area contributed by atoms with Crippen molar-refractivity contribution in [2.45, 2.75) is 31.3 Å². The van der Waals surface area contributed by atoms with Gasteiger partial charge in [-0.15, -0.1) is 0 Å². The predicted octanol–water partition coefficient (Wildman–Crippen LogP) is 3.97. The van der Waals surface area contributed by atoms with Crippen LogP contribution in [0.2, 0.25) is 5.02 Å². The summed E-state index contributed by atoms with van der Waals surface area (Å²) in [5.41, 5.74) is 1.16. The minimum absolute atomic E-state index is 0.0881. The Bertz CT molecular complexity index is 712. The summed E-state index contributed by atoms with van der Waals surface area (Å²) in [5, 5.41) is 3.72. The highest BCUT2D eigenvalue weighted by atomic mass is 35.5. The molecule has 1 amide bonds. The van der Waals surface area contributed by atoms with Crippen molar-refractivity contribution in [1.82, 2.24) is 5.32 Å². The lowest BCUT2D eigenvalue weighted by atomic mass is 9.74. The van der Waals surface area contributed by atoms with Crippen molar-refractivity contribution < 1.29 is 14.3 Å². The molecule has 5 heteroatoms. The van der Waals surface area contributed by atoms with Crippen molar-refractivity contribution >= 4 is 17.5 Å². The number of benzene rings is 2. The number of rotatable bonds is 6. The first-order valence-electron chi connectivity index (χ1n) is 8.92. The van der Waals surface area contributed by atoms with Gasteiger partial charge in [-0.3, -0.25) is 4.79 Å². The third kappa shape index (κ3) is 4.57. The molecule has 26 heavy (non-hydrogen) atoms. The number of carbonyl (C=O) groups excluding carboxylic acids is 1. The van der Waals surface area contributed by atoms with Gasteiger partial charge in [-0.2, -0.15) is 0 Å². The fraction of sp³-hybridized carbons (Fsp3) is 0.381. The topological polar surface area (TPSA) is 47.6 Å². The zero-order valence-corrected chi connectivity index (χ0v) is 15.7. The Morgan fingerprint density at radius 1 is 1.15 bits per heavy atom. The van der Waals surface area contributed by atoms with E-state index >= 15 is 0 Å². The fourth-order valence-electron chi connectivity index (χ4n) is 3.29. The Labute approximate surface area is 159 Å². The Kier molecular flexibility index (Phi) is 6.17. The van der Waals surface area contributed by atoms with Gasteiger partial charge in [0.05, 0.1) is 0 Å². The molecule has 2 aromatic rings. The molecule has 4 nitrogen and oxygen atoms in total. The van der Waals surface area contributed by atoms with Crippen molar-refractivity contribution in [2.24, 2.45) is 0 Å². The van der Waals surface area contributed by atoms with Crippen LogP contribution in [-0.2, 0) is 14.9 Å². The van der Waals surface area contributed by atoms with E-state index in [4.69, 9.17) is 21.1 Å². The number of halogens is 1. The molecule has 1 aliphatic heterocycles. The number of hydrogen-bond donors (Lipinski definition) is 1. The van der Waals surface area contributed by atoms with Crippen LogP contribution in [0.15, 0.2) is 54.6 Å². The molecule has 1 heterocycles. The van der Waals surface area contributed by atoms with Crippen LogP contribution in [0.25, 0.3) is 0 Å². The highest BCUT2D eigenvalue weighted by molar-refractivity contribution is 6.30. The van der Waals surface area contributed by atoms with Crippen LogP contribution in [-0.4, -0.2) is 31.8 Å². The molecule has 1 saturated heterocycles. The van der Waals surface area contributed by atoms with Crippen LogP contribution in [0, 0.1) is 0 Å². The van der Waals surface area contributed by atoms with Crippen LogP contribution in [0.4, 0.5) is 0 Å². The second-order valence-electron chi connectivity index (χ2n) is 6.69. The molecule has 1 fully saturated rings. The van der Waals surface area contributed by atoms with E-state index in [0.29, 0.717) is 30.5 Å². The minimum Gasteiger partial charge on any atom is -0.481 e. The summed E-state index contributed by atoms with van der Waals surface area (Å²) in [6.07, 6.45) is 1.21. The monoisotopic (exact) mass is 373 g/mol. The Hall–Kier alpha value is -2.04. The van der Waals surface area contributed by atoms with E-state index in [9.17, 15) is 4.79 Å². The van der Waals surface area contributed by atoms with Crippen molar-refractivity contribution in [2.75, 3.05) is 19.8 Å². The van der Waals surface area contributed by atoms with Crippen molar-refractivity contribution in [1.29, 1.82) is 0 Å². The SMILES string of the molecule is C[C@H](Oc1ccc(Cl)cc1)C(=O)NCC1(c2ccccc2)CCOCC1. The molecule has 0 unspecified atom stereocenters. The van der Waals surface area contributed by atoms with Gasteiger partial charge in [-0.1, -0.05) is 41.9 Å². The second kappa shape index (κ2) is 8.56. The molecule has 3 rings (SSSR count). The fourth-order valence-corrected chi connectivity index (χ4v) is 3.42. The maximum absolute atomic E-state index is 12.5. The molecule has 0 aromatic heterocycles. The van der Waals surface area contributed by atoms with Crippen LogP contribution in [0.5, 0.6) is 5.75 Å². The van der Waals surface area contributed by atoms with Gasteiger partial charge >= 0.3 is 0 Å². The highest BCUT2D eigenvalue weighted by Crippen LogP contribution is 2.34. The van der Waals surface area contributed by atoms with Crippen LogP contribution < -0.4 is 10.1 Å². The molecule has 0 spiro atoms. The highest BCUT2D eigenvalue weighted by Gasteiger charge is 2.35. The molecule has 1 aliphatic rings. The van der Waals surface area contributed by atoms with Gasteiger partial charge in [-0.25, -0.2) is 0 Å². The number of hydrogen-bond acceptors (Lipinski definition) is 3. The number of amides is 1. The average molecular weight is 374 g/mol. The Morgan fingerprint density at radius 3 is 2.46 bits per heavy atom. The lowest BCUT2D eigenvalue weighted by molar-refractivity contribution is -0.127. The smallest absolute Gasteiger partial charge is 0.260 e. The number of nitrogens with one attached hydrogen (secondary N) is 1. The summed E-state index contributed by atoms with van der Waals surface area (Å²) in [6, 6.07) is 17.4. The molecular weight excluding hydrogens is 350 g/mol. The van der Waals surface area contributed by atoms with Gasteiger partial charge in [-0.05, 0) is 49.6 Å². The molecule has 1 N–H and O–H groups in total. The van der Waals surface area contributed by atoms with Crippen LogP contribution >= 0.6 is 11.6 Å². The van der Waals surface area contributed by atoms with E-state index in [0.717, 1.165) is 12.8 Å². The van der Waals surface area contributed by atoms with Crippen LogP contribution in [0.1, 0.15) is 25.3 Å². The average Bonchev–Trinajstić information content (AvgIpc) is 2.69. The summed E-state index contributed by atoms with van der Waals surface area (Å²) in [4.78, 5) is 12.5. The summed E-state index contributed by atoms with van der Waals surface area (Å²) >= 11 is 5.88. The predicted molar refractivity (Wildman–Crippen MR) is 103 cm³/mol. The first-order chi connectivity index (χ1) is 12.6. The largest absolute Gasteiger partial charge is 0.481 e. The summed E-state index contributed by atoms with van der Waals surface area (Å²) in [5.74, 6) is 0.502. The lowest BCUT2D eigenvalue weighted by Crippen LogP contribution is -2.47. The molecule has 138 valence electrons. The van der Waals surface area contributed by atoms with Crippen molar-refractivity contribution in [3.63, 3.8) is 0 Å². The standard InChI is InChI=1S/C21H24ClNO3/c1-16(26-19-9-7-18(22)8-10-19)20(24)23-15-21(11-13-25-14-12-21)17-5-3-2-4-6-17/h2-10,16H,11-15H2,1H3,(H,23,24)/t16-/m0/s1. The molecule has 0 radical (unpaired) electrons. The van der Waals surface area contributed by atoms with Crippen molar-refractivity contribution in [3.05, 3.63) is 65.2 Å². The zero-order chi connectivity index (χ0) is 18.4. The van der Waals surface area contributed by atoms with E-state index in [-0.39, 0.29) is 11.3 Å². The maximum Gasteiger partial charge on any atom is 0.260 e. The molecule has 1 atom stereocenters. The molecule has 2 aromatic carbocycles. The normalized spacial score (nSPS) is 17.3. The quantitative estimate of drug-likeness (QED) is 0.833. The van der Waals surface area contributed by atoms with E-state index in [1.807, 2.05) is 18.2 Å². The zero-order valence-electron chi connectivity index (χ0n) is 14.9. The summed E-state index contributed by atoms with van der Waals surface area (Å²) in [6.45, 7) is 3.75. The van der Waals surface area contributed by atoms with Crippen LogP contribution in [0.3, 0.4) is 0 Å². The van der Waals surface area contributed by atoms with E-state index < -0.39 is 6.10 Å². The number of ether oxygens (including phenoxy) is 2. The van der Waals surface area contributed by atoms with E-state index in [1.165, 1.54) is 5.56 Å². The maximum atomic E-state index is 12.5. The van der Waals surface area contributed by atoms with Gasteiger partial charge < -0.3 is 14.8 Å². The minimum atomic E-state index is -0.580. The third-order valence-electron chi connectivity index (χ3n) is 4.93. The second-order valence-corrected chi connectivity index (χ2v) is 7.13. The Morgan fingerprint density at radius 2 is 1.81 bits per heavy atom. The van der Waals surface area contributed by atoms with Gasteiger partial charge in [0.15, 0.2) is 6.10 Å². The molecule has 0 saturated carbocycles. The lowest BCUT2D eigenvalue weighted by Gasteiger charge is -2.38. The van der Waals surface area contributed by atoms with Gasteiger partial charge in [0, 0.05) is 30.2 Å². The Balaban J connectivity index is 1.63. The van der Waals surface area contributed by atoms with E-state index in [1.54, 1.807) is 31.2 Å². The van der Waals surface area contributed by atoms with Gasteiger partial charge in [0.2, 0.25) is 0 Å². The molecular formula is C21H24ClNO3. The first-order valence-corrected chi connectivity index (χ1v) is 9.30. The summed E-state index contributed by atoms with van der Waals surface area (Å²) in [7, 11) is 0. The first kappa shape index (κ1) is 18.7. The number of carbonyl (C=O) groups is 1. The van der Waals surface area contributed by atoms with Crippen molar-refractivity contribution in [3.8, 4) is 5.75 Å². The summed E-state index contributed by atoms with van der Waals surface area (Å²) < 4.78 is 11.3. The molecule has 0 bridgehead atoms. The van der Waals surface area contributed by atoms with Gasteiger partial charge in [0.25, 0.3) is 5.91 Å².